The van der Waals surface area contributed by atoms with Crippen molar-refractivity contribution in [2.45, 2.75) is 30.5 Å². The summed E-state index contributed by atoms with van der Waals surface area (Å²) in [6.07, 6.45) is -2.99. The third kappa shape index (κ3) is 5.04. The van der Waals surface area contributed by atoms with Crippen molar-refractivity contribution < 1.29 is 37.3 Å². The molecular formula is C24H24F3NO5. The van der Waals surface area contributed by atoms with Crippen molar-refractivity contribution in [3.63, 3.8) is 0 Å². The summed E-state index contributed by atoms with van der Waals surface area (Å²) in [6.45, 7) is 1.12. The third-order valence-corrected chi connectivity index (χ3v) is 6.29. The molecule has 2 aliphatic rings. The molecule has 9 heteroatoms. The minimum absolute atomic E-state index is 0.113. The predicted molar refractivity (Wildman–Crippen MR) is 112 cm³/mol. The van der Waals surface area contributed by atoms with E-state index in [9.17, 15) is 22.8 Å². The van der Waals surface area contributed by atoms with E-state index in [2.05, 4.69) is 0 Å². The summed E-state index contributed by atoms with van der Waals surface area (Å²) in [6, 6.07) is 12.2. The molecule has 2 saturated heterocycles. The van der Waals surface area contributed by atoms with Crippen LogP contribution in [0.1, 0.15) is 45.8 Å². The molecule has 6 nitrogen and oxygen atoms in total. The number of benzene rings is 2. The summed E-state index contributed by atoms with van der Waals surface area (Å²) in [5, 5.41) is 8.88. The van der Waals surface area contributed by atoms with Crippen LogP contribution in [0, 0.1) is 0 Å². The molecule has 33 heavy (non-hydrogen) atoms. The highest BCUT2D eigenvalue weighted by Crippen LogP contribution is 2.35. The van der Waals surface area contributed by atoms with Crippen molar-refractivity contribution in [2.75, 3.05) is 32.9 Å². The number of amides is 1. The lowest BCUT2D eigenvalue weighted by molar-refractivity contribution is -0.220. The van der Waals surface area contributed by atoms with Crippen LogP contribution in [-0.2, 0) is 26.0 Å². The zero-order chi connectivity index (χ0) is 23.6. The largest absolute Gasteiger partial charge is 0.480 e. The summed E-state index contributed by atoms with van der Waals surface area (Å²) in [5.74, 6) is -1.06. The van der Waals surface area contributed by atoms with Gasteiger partial charge in [-0.2, -0.15) is 13.2 Å². The smallest absolute Gasteiger partial charge is 0.416 e. The van der Waals surface area contributed by atoms with E-state index in [1.807, 2.05) is 0 Å². The van der Waals surface area contributed by atoms with Crippen LogP contribution >= 0.6 is 0 Å². The molecular weight excluding hydrogens is 439 g/mol. The molecule has 2 aromatic rings. The maximum absolute atomic E-state index is 12.9. The fraction of sp³-hybridized carbons (Fsp3) is 0.417. The van der Waals surface area contributed by atoms with Crippen molar-refractivity contribution in [3.05, 3.63) is 70.8 Å². The number of piperidine rings is 1. The lowest BCUT2D eigenvalue weighted by Crippen LogP contribution is -2.49. The van der Waals surface area contributed by atoms with E-state index in [4.69, 9.17) is 14.6 Å². The van der Waals surface area contributed by atoms with Crippen LogP contribution in [0.25, 0.3) is 0 Å². The summed E-state index contributed by atoms with van der Waals surface area (Å²) < 4.78 is 49.0. The Bertz CT molecular complexity index is 992. The van der Waals surface area contributed by atoms with Gasteiger partial charge in [0.1, 0.15) is 12.2 Å². The normalized spacial score (nSPS) is 18.6. The first-order valence-corrected chi connectivity index (χ1v) is 10.7. The Balaban J connectivity index is 1.35. The topological polar surface area (TPSA) is 76.1 Å². The summed E-state index contributed by atoms with van der Waals surface area (Å²) >= 11 is 0. The number of carboxylic acid groups (broad SMARTS) is 1. The molecule has 0 aliphatic carbocycles. The molecule has 0 spiro atoms. The number of halogens is 3. The van der Waals surface area contributed by atoms with Gasteiger partial charge in [-0.1, -0.05) is 24.3 Å². The van der Waals surface area contributed by atoms with Gasteiger partial charge < -0.3 is 19.5 Å². The maximum atomic E-state index is 12.9. The van der Waals surface area contributed by atoms with Crippen LogP contribution in [0.5, 0.6) is 0 Å². The fourth-order valence-corrected chi connectivity index (χ4v) is 4.28. The van der Waals surface area contributed by atoms with Gasteiger partial charge in [0.2, 0.25) is 0 Å². The molecule has 0 atom stereocenters. The van der Waals surface area contributed by atoms with E-state index in [1.54, 1.807) is 29.2 Å². The van der Waals surface area contributed by atoms with Crippen LogP contribution in [0.4, 0.5) is 13.2 Å². The van der Waals surface area contributed by atoms with E-state index in [-0.39, 0.29) is 25.0 Å². The van der Waals surface area contributed by atoms with Crippen molar-refractivity contribution >= 4 is 11.9 Å². The highest BCUT2D eigenvalue weighted by atomic mass is 19.4. The van der Waals surface area contributed by atoms with Crippen LogP contribution < -0.4 is 0 Å². The molecule has 2 aromatic carbocycles. The minimum atomic E-state index is -4.35. The predicted octanol–water partition coefficient (Wildman–Crippen LogP) is 4.05. The number of carboxylic acids is 1. The van der Waals surface area contributed by atoms with Gasteiger partial charge in [-0.15, -0.1) is 0 Å². The molecule has 2 aliphatic heterocycles. The fourth-order valence-electron chi connectivity index (χ4n) is 4.28. The number of hydrogen-bond acceptors (Lipinski definition) is 4. The first-order chi connectivity index (χ1) is 15.7. The van der Waals surface area contributed by atoms with Gasteiger partial charge in [-0.25, -0.2) is 4.79 Å². The number of likely N-dealkylation sites (tertiary alicyclic amines) is 1. The molecule has 0 radical (unpaired) electrons. The number of alkyl halides is 3. The second-order valence-electron chi connectivity index (χ2n) is 8.43. The van der Waals surface area contributed by atoms with Gasteiger partial charge in [0.05, 0.1) is 18.8 Å². The molecule has 4 rings (SSSR count). The first-order valence-electron chi connectivity index (χ1n) is 10.7. The molecule has 2 heterocycles. The van der Waals surface area contributed by atoms with Crippen molar-refractivity contribution in [1.29, 1.82) is 0 Å². The molecule has 2 fully saturated rings. The Morgan fingerprint density at radius 2 is 1.64 bits per heavy atom. The Hall–Kier alpha value is -2.91. The van der Waals surface area contributed by atoms with Crippen LogP contribution in [0.15, 0.2) is 48.5 Å². The van der Waals surface area contributed by atoms with Gasteiger partial charge in [0, 0.05) is 18.7 Å². The molecule has 0 saturated carbocycles. The van der Waals surface area contributed by atoms with E-state index in [0.717, 1.165) is 23.3 Å². The van der Waals surface area contributed by atoms with Gasteiger partial charge in [0.25, 0.3) is 5.91 Å². The number of carbonyl (C=O) groups is 2. The Morgan fingerprint density at radius 1 is 1.03 bits per heavy atom. The molecule has 1 amide bonds. The van der Waals surface area contributed by atoms with Gasteiger partial charge in [0.15, 0.2) is 0 Å². The number of carbonyl (C=O) groups excluding carboxylic acids is 1. The highest BCUT2D eigenvalue weighted by molar-refractivity contribution is 5.94. The standard InChI is InChI=1S/C24H24F3NO5/c25-24(26,27)20-7-1-16(2-8-20)17-9-11-28(12-10-17)22(31)18-3-5-19(6-4-18)23(14-32-15-23)33-13-21(29)30/h1-8,17H,9-15H2,(H,29,30). The maximum Gasteiger partial charge on any atom is 0.416 e. The van der Waals surface area contributed by atoms with Crippen LogP contribution in [0.3, 0.4) is 0 Å². The number of nitrogens with zero attached hydrogens (tertiary/aromatic N) is 1. The number of hydrogen-bond donors (Lipinski definition) is 1. The SMILES string of the molecule is O=C(O)COC1(c2ccc(C(=O)N3CCC(c4ccc(C(F)(F)F)cc4)CC3)cc2)COC1. The van der Waals surface area contributed by atoms with Gasteiger partial charge >= 0.3 is 12.1 Å². The van der Waals surface area contributed by atoms with E-state index >= 15 is 0 Å². The molecule has 0 aromatic heterocycles. The van der Waals surface area contributed by atoms with Crippen molar-refractivity contribution in [2.24, 2.45) is 0 Å². The zero-order valence-corrected chi connectivity index (χ0v) is 17.8. The molecule has 0 unspecified atom stereocenters. The minimum Gasteiger partial charge on any atom is -0.480 e. The summed E-state index contributed by atoms with van der Waals surface area (Å²) in [4.78, 5) is 25.5. The Kier molecular flexibility index (Phi) is 6.45. The van der Waals surface area contributed by atoms with Crippen molar-refractivity contribution in [1.82, 2.24) is 4.90 Å². The average molecular weight is 463 g/mol. The van der Waals surface area contributed by atoms with Gasteiger partial charge in [-0.05, 0) is 54.2 Å². The lowest BCUT2D eigenvalue weighted by Gasteiger charge is -2.41. The van der Waals surface area contributed by atoms with E-state index in [0.29, 0.717) is 31.5 Å². The molecule has 176 valence electrons. The molecule has 0 bridgehead atoms. The van der Waals surface area contributed by atoms with Crippen molar-refractivity contribution in [3.8, 4) is 0 Å². The second-order valence-corrected chi connectivity index (χ2v) is 8.43. The number of aliphatic carboxylic acids is 1. The highest BCUT2D eigenvalue weighted by Gasteiger charge is 2.42. The first kappa shape index (κ1) is 23.3. The van der Waals surface area contributed by atoms with Crippen LogP contribution in [0.2, 0.25) is 0 Å². The summed E-state index contributed by atoms with van der Waals surface area (Å²) in [7, 11) is 0. The Labute approximate surface area is 188 Å². The quantitative estimate of drug-likeness (QED) is 0.700. The van der Waals surface area contributed by atoms with Gasteiger partial charge in [-0.3, -0.25) is 4.79 Å². The number of ether oxygens (including phenoxy) is 2. The second kappa shape index (κ2) is 9.15. The van der Waals surface area contributed by atoms with E-state index in [1.165, 1.54) is 12.1 Å². The van der Waals surface area contributed by atoms with Crippen LogP contribution in [-0.4, -0.2) is 54.8 Å². The van der Waals surface area contributed by atoms with E-state index < -0.39 is 29.9 Å². The summed E-state index contributed by atoms with van der Waals surface area (Å²) in [5.41, 5.74) is 0.660. The lowest BCUT2D eigenvalue weighted by atomic mass is 9.88. The number of rotatable bonds is 6. The monoisotopic (exact) mass is 463 g/mol. The zero-order valence-electron chi connectivity index (χ0n) is 17.8. The average Bonchev–Trinajstić information content (AvgIpc) is 2.78. The third-order valence-electron chi connectivity index (χ3n) is 6.29. The molecule has 1 N–H and O–H groups in total. The Morgan fingerprint density at radius 3 is 2.12 bits per heavy atom.